The quantitative estimate of drug-likeness (QED) is 0.640. The Kier molecular flexibility index (Phi) is 6.75. The van der Waals surface area contributed by atoms with Gasteiger partial charge in [-0.15, -0.1) is 0 Å². The predicted molar refractivity (Wildman–Crippen MR) is 90.0 cm³/mol. The largest absolute Gasteiger partial charge is 0.756 e. The van der Waals surface area contributed by atoms with Crippen LogP contribution < -0.4 is 9.63 Å². The Labute approximate surface area is 142 Å². The van der Waals surface area contributed by atoms with Crippen molar-refractivity contribution in [3.63, 3.8) is 0 Å². The van der Waals surface area contributed by atoms with Crippen LogP contribution in [0.25, 0.3) is 0 Å². The van der Waals surface area contributed by atoms with Crippen LogP contribution in [0.5, 0.6) is 5.75 Å². The number of allylic oxidation sites excluding steroid dienone is 1. The van der Waals surface area contributed by atoms with Gasteiger partial charge in [-0.25, -0.2) is 4.58 Å². The molecule has 0 amide bonds. The van der Waals surface area contributed by atoms with Crippen LogP contribution in [0, 0.1) is 0 Å². The molecule has 1 aliphatic carbocycles. The van der Waals surface area contributed by atoms with Gasteiger partial charge < -0.3 is 19.4 Å². The summed E-state index contributed by atoms with van der Waals surface area (Å²) >= 11 is 0. The molecule has 2 aliphatic rings. The fourth-order valence-electron chi connectivity index (χ4n) is 3.09. The van der Waals surface area contributed by atoms with Gasteiger partial charge in [-0.1, -0.05) is 5.57 Å². The number of benzene rings is 1. The summed E-state index contributed by atoms with van der Waals surface area (Å²) < 4.78 is 16.4. The van der Waals surface area contributed by atoms with Crippen LogP contribution in [0.2, 0.25) is 0 Å². The van der Waals surface area contributed by atoms with Crippen LogP contribution in [0.15, 0.2) is 35.4 Å². The lowest BCUT2D eigenvalue weighted by Crippen LogP contribution is -2.22. The minimum atomic E-state index is -4.89. The third kappa shape index (κ3) is 6.57. The zero-order chi connectivity index (χ0) is 17.6. The second-order valence-electron chi connectivity index (χ2n) is 6.02. The van der Waals surface area contributed by atoms with E-state index in [4.69, 9.17) is 24.0 Å². The Balaban J connectivity index is 0.000000368. The summed E-state index contributed by atoms with van der Waals surface area (Å²) in [6, 6.07) is 8.42. The first-order valence-electron chi connectivity index (χ1n) is 8.04. The normalized spacial score (nSPS) is 17.4. The molecule has 7 heteroatoms. The average Bonchev–Trinajstić information content (AvgIpc) is 2.54. The molecule has 3 rings (SSSR count). The molecule has 132 valence electrons. The number of hydrogen-bond donors (Lipinski definition) is 2. The highest BCUT2D eigenvalue weighted by molar-refractivity contribution is 7.43. The van der Waals surface area contributed by atoms with E-state index in [1.165, 1.54) is 44.2 Å². The summed E-state index contributed by atoms with van der Waals surface area (Å²) in [6.45, 7) is 2.19. The van der Waals surface area contributed by atoms with Crippen LogP contribution in [0.3, 0.4) is 0 Å². The Morgan fingerprint density at radius 1 is 1.17 bits per heavy atom. The van der Waals surface area contributed by atoms with Gasteiger partial charge in [0.1, 0.15) is 12.3 Å². The molecule has 1 aromatic rings. The molecule has 2 N–H and O–H groups in total. The predicted octanol–water partition coefficient (Wildman–Crippen LogP) is 1.99. The average molecular weight is 353 g/mol. The summed E-state index contributed by atoms with van der Waals surface area (Å²) in [6.07, 6.45) is 9.05. The van der Waals surface area contributed by atoms with Gasteiger partial charge in [-0.05, 0) is 49.9 Å². The highest BCUT2D eigenvalue weighted by Crippen LogP contribution is 2.28. The molecule has 0 radical (unpaired) electrons. The maximum atomic E-state index is 8.77. The molecule has 24 heavy (non-hydrogen) atoms. The van der Waals surface area contributed by atoms with Crippen molar-refractivity contribution in [3.05, 3.63) is 41.0 Å². The van der Waals surface area contributed by atoms with Crippen molar-refractivity contribution in [1.82, 2.24) is 0 Å². The molecule has 0 fully saturated rings. The maximum absolute atomic E-state index is 8.77. The van der Waals surface area contributed by atoms with Crippen molar-refractivity contribution in [2.24, 2.45) is 0 Å². The Hall–Kier alpha value is -1.46. The first-order valence-corrected chi connectivity index (χ1v) is 9.57. The number of ether oxygens (including phenoxy) is 1. The standard InChI is InChI=1S/C17H22NO.H3O4P/c1-19-17-8-6-14(7-9-17)12-18-11-10-15-4-2-3-5-16(15)13-18;1-5(2,3)4/h6-9,13H,2-5,10-12H2,1H3;(H3,1,2,3,4)/q+1;/p-1. The van der Waals surface area contributed by atoms with Gasteiger partial charge in [0, 0.05) is 17.6 Å². The van der Waals surface area contributed by atoms with E-state index in [9.17, 15) is 0 Å². The van der Waals surface area contributed by atoms with Gasteiger partial charge in [-0.2, -0.15) is 0 Å². The molecular formula is C17H24NO5P. The molecule has 1 aliphatic heterocycles. The van der Waals surface area contributed by atoms with Gasteiger partial charge in [0.25, 0.3) is 7.82 Å². The van der Waals surface area contributed by atoms with Crippen molar-refractivity contribution in [3.8, 4) is 5.75 Å². The molecule has 1 heterocycles. The Morgan fingerprint density at radius 2 is 1.79 bits per heavy atom. The van der Waals surface area contributed by atoms with E-state index in [0.717, 1.165) is 12.3 Å². The minimum Gasteiger partial charge on any atom is -0.756 e. The molecule has 0 saturated heterocycles. The van der Waals surface area contributed by atoms with Crippen molar-refractivity contribution in [2.45, 2.75) is 38.6 Å². The van der Waals surface area contributed by atoms with Gasteiger partial charge in [-0.3, -0.25) is 4.57 Å². The van der Waals surface area contributed by atoms with Crippen LogP contribution in [-0.2, 0) is 11.1 Å². The molecule has 0 unspecified atom stereocenters. The fraction of sp³-hybridized carbons (Fsp3) is 0.471. The fourth-order valence-corrected chi connectivity index (χ4v) is 3.09. The van der Waals surface area contributed by atoms with Crippen molar-refractivity contribution in [1.29, 1.82) is 0 Å². The highest BCUT2D eigenvalue weighted by Gasteiger charge is 2.21. The molecule has 0 bridgehead atoms. The number of nitrogens with zero attached hydrogens (tertiary/aromatic N) is 1. The monoisotopic (exact) mass is 353 g/mol. The van der Waals surface area contributed by atoms with Crippen LogP contribution >= 0.6 is 7.82 Å². The lowest BCUT2D eigenvalue weighted by molar-refractivity contribution is -0.540. The molecule has 0 aromatic heterocycles. The topological polar surface area (TPSA) is 92.8 Å². The lowest BCUT2D eigenvalue weighted by Gasteiger charge is -2.20. The summed E-state index contributed by atoms with van der Waals surface area (Å²) in [5.74, 6) is 0.934. The van der Waals surface area contributed by atoms with Crippen molar-refractivity contribution >= 4 is 14.0 Å². The van der Waals surface area contributed by atoms with Crippen molar-refractivity contribution in [2.75, 3.05) is 13.7 Å². The van der Waals surface area contributed by atoms with Crippen LogP contribution in [0.1, 0.15) is 37.7 Å². The number of rotatable bonds is 3. The van der Waals surface area contributed by atoms with E-state index in [1.807, 2.05) is 12.1 Å². The molecule has 0 saturated carbocycles. The van der Waals surface area contributed by atoms with E-state index in [1.54, 1.807) is 18.3 Å². The maximum Gasteiger partial charge on any atom is 0.262 e. The van der Waals surface area contributed by atoms with Gasteiger partial charge in [0.05, 0.1) is 7.11 Å². The molecule has 1 aromatic carbocycles. The van der Waals surface area contributed by atoms with E-state index in [-0.39, 0.29) is 0 Å². The zero-order valence-electron chi connectivity index (χ0n) is 13.9. The third-order valence-corrected chi connectivity index (χ3v) is 4.21. The number of hydrogen-bond acceptors (Lipinski definition) is 3. The zero-order valence-corrected chi connectivity index (χ0v) is 14.7. The molecule has 0 atom stereocenters. The first-order chi connectivity index (χ1) is 11.3. The van der Waals surface area contributed by atoms with Crippen LogP contribution in [0.4, 0.5) is 0 Å². The third-order valence-electron chi connectivity index (χ3n) is 4.21. The minimum absolute atomic E-state index is 0.934. The summed E-state index contributed by atoms with van der Waals surface area (Å²) in [5, 5.41) is 0. The van der Waals surface area contributed by atoms with Crippen molar-refractivity contribution < 1.29 is 28.6 Å². The van der Waals surface area contributed by atoms with Gasteiger partial charge in [0.15, 0.2) is 12.8 Å². The SMILES string of the molecule is COc1ccc(C[N+]2=CC3=C(CCCC3)CC2)cc1.O=P([O-])(O)O. The molecule has 0 spiro atoms. The van der Waals surface area contributed by atoms with E-state index < -0.39 is 7.82 Å². The summed E-state index contributed by atoms with van der Waals surface area (Å²) in [5.41, 5.74) is 4.69. The smallest absolute Gasteiger partial charge is 0.262 e. The summed E-state index contributed by atoms with van der Waals surface area (Å²) in [7, 11) is -3.18. The molecule has 6 nitrogen and oxygen atoms in total. The lowest BCUT2D eigenvalue weighted by atomic mass is 9.89. The Bertz CT molecular complexity index is 652. The van der Waals surface area contributed by atoms with Gasteiger partial charge >= 0.3 is 0 Å². The highest BCUT2D eigenvalue weighted by atomic mass is 31.2. The first kappa shape index (κ1) is 18.9. The van der Waals surface area contributed by atoms with Gasteiger partial charge in [0.2, 0.25) is 0 Å². The Morgan fingerprint density at radius 3 is 2.42 bits per heavy atom. The molecular weight excluding hydrogens is 329 g/mol. The van der Waals surface area contributed by atoms with E-state index in [2.05, 4.69) is 22.9 Å². The number of phosphoric acid groups is 1. The van der Waals surface area contributed by atoms with E-state index >= 15 is 0 Å². The van der Waals surface area contributed by atoms with Crippen LogP contribution in [-0.4, -0.2) is 34.2 Å². The van der Waals surface area contributed by atoms with E-state index in [0.29, 0.717) is 0 Å². The second-order valence-corrected chi connectivity index (χ2v) is 7.01. The number of methoxy groups -OCH3 is 1. The second kappa shape index (κ2) is 8.58. The summed E-state index contributed by atoms with van der Waals surface area (Å²) in [4.78, 5) is 22.9.